The van der Waals surface area contributed by atoms with Crippen LogP contribution < -0.4 is 0 Å². The summed E-state index contributed by atoms with van der Waals surface area (Å²) in [4.78, 5) is 13.7. The number of fused-ring (bicyclic) bond motifs is 1. The van der Waals surface area contributed by atoms with Crippen molar-refractivity contribution in [1.29, 1.82) is 0 Å². The number of hydrogen-bond donors (Lipinski definition) is 1. The molecule has 4 aromatic carbocycles. The van der Waals surface area contributed by atoms with Gasteiger partial charge in [-0.1, -0.05) is 72.6 Å². The largest absolute Gasteiger partial charge is 0.490 e. The van der Waals surface area contributed by atoms with Crippen molar-refractivity contribution in [2.24, 2.45) is 0 Å². The summed E-state index contributed by atoms with van der Waals surface area (Å²) in [5.41, 5.74) is 5.40. The number of imidazole rings is 1. The van der Waals surface area contributed by atoms with Crippen LogP contribution in [0.25, 0.3) is 11.0 Å². The molecule has 236 valence electrons. The van der Waals surface area contributed by atoms with E-state index in [0.29, 0.717) is 23.0 Å². The Bertz CT molecular complexity index is 1700. The molecule has 0 bridgehead atoms. The van der Waals surface area contributed by atoms with Gasteiger partial charge in [0.2, 0.25) is 0 Å². The van der Waals surface area contributed by atoms with Crippen LogP contribution in [0.15, 0.2) is 91.0 Å². The zero-order chi connectivity index (χ0) is 32.9. The summed E-state index contributed by atoms with van der Waals surface area (Å²) in [6, 6.07) is 27.4. The van der Waals surface area contributed by atoms with Gasteiger partial charge in [-0.05, 0) is 77.2 Å². The minimum Gasteiger partial charge on any atom is -0.475 e. The number of halogens is 8. The van der Waals surface area contributed by atoms with Gasteiger partial charge in [0.25, 0.3) is 0 Å². The lowest BCUT2D eigenvalue weighted by molar-refractivity contribution is -0.192. The molecule has 0 spiro atoms. The van der Waals surface area contributed by atoms with Gasteiger partial charge < -0.3 is 9.67 Å². The Morgan fingerprint density at radius 1 is 0.800 bits per heavy atom. The number of aromatic nitrogens is 2. The Kier molecular flexibility index (Phi) is 10.5. The van der Waals surface area contributed by atoms with Gasteiger partial charge in [-0.3, -0.25) is 0 Å². The molecule has 0 saturated heterocycles. The maximum absolute atomic E-state index is 13.0. The number of carboxylic acids is 1. The third-order valence-electron chi connectivity index (χ3n) is 7.06. The molecule has 0 saturated carbocycles. The molecule has 0 fully saturated rings. The van der Waals surface area contributed by atoms with E-state index >= 15 is 0 Å². The van der Waals surface area contributed by atoms with Crippen molar-refractivity contribution in [3.63, 3.8) is 0 Å². The molecule has 1 heterocycles. The van der Waals surface area contributed by atoms with Crippen LogP contribution in [0.3, 0.4) is 0 Å². The molecule has 1 aromatic heterocycles. The Balaban J connectivity index is 0.000000591. The number of aliphatic carboxylic acids is 1. The van der Waals surface area contributed by atoms with E-state index in [4.69, 9.17) is 38.1 Å². The molecule has 0 atom stereocenters. The Morgan fingerprint density at radius 3 is 1.73 bits per heavy atom. The van der Waals surface area contributed by atoms with Crippen molar-refractivity contribution in [3.8, 4) is 0 Å². The van der Waals surface area contributed by atoms with Gasteiger partial charge in [0.15, 0.2) is 0 Å². The molecule has 0 radical (unpaired) electrons. The molecule has 0 unspecified atom stereocenters. The average Bonchev–Trinajstić information content (AvgIpc) is 3.34. The first kappa shape index (κ1) is 33.9. The number of carboxylic acid groups (broad SMARTS) is 1. The minimum absolute atomic E-state index is 0.0442. The smallest absolute Gasteiger partial charge is 0.475 e. The lowest BCUT2D eigenvalue weighted by atomic mass is 9.85. The highest BCUT2D eigenvalue weighted by Gasteiger charge is 2.38. The van der Waals surface area contributed by atoms with Crippen LogP contribution in [0.2, 0.25) is 10.0 Å². The van der Waals surface area contributed by atoms with Gasteiger partial charge in [0.05, 0.1) is 16.6 Å². The summed E-state index contributed by atoms with van der Waals surface area (Å²) in [6.45, 7) is 2.67. The van der Waals surface area contributed by atoms with E-state index in [-0.39, 0.29) is 5.92 Å². The van der Waals surface area contributed by atoms with Crippen molar-refractivity contribution in [2.45, 2.75) is 44.6 Å². The predicted molar refractivity (Wildman–Crippen MR) is 162 cm³/mol. The zero-order valence-electron chi connectivity index (χ0n) is 23.6. The lowest BCUT2D eigenvalue weighted by Crippen LogP contribution is -2.21. The van der Waals surface area contributed by atoms with Gasteiger partial charge in [0, 0.05) is 28.9 Å². The summed E-state index contributed by atoms with van der Waals surface area (Å²) in [6.07, 6.45) is -8.08. The molecule has 5 aromatic rings. The molecular formula is C33H26Cl2F6N2O2. The molecule has 45 heavy (non-hydrogen) atoms. The molecule has 0 aliphatic rings. The van der Waals surface area contributed by atoms with E-state index in [9.17, 15) is 26.3 Å². The monoisotopic (exact) mass is 666 g/mol. The van der Waals surface area contributed by atoms with Crippen molar-refractivity contribution in [1.82, 2.24) is 9.55 Å². The fraction of sp³-hybridized carbons (Fsp3) is 0.212. The van der Waals surface area contributed by atoms with E-state index in [1.54, 1.807) is 12.1 Å². The number of rotatable bonds is 7. The standard InChI is InChI=1S/C31H25Cl2F3N2.C2HF3O2/c1-2-29-37-27-16-9-23(30(21-5-12-25(32)13-6-21)22-7-14-26(33)15-8-22)19-28(27)38(29)18-17-20-3-10-24(11-4-20)31(34,35)36;3-2(4,5)1(6)7/h3-16,19,30H,2,17-18H2,1H3;(H,6,7). The molecule has 1 N–H and O–H groups in total. The van der Waals surface area contributed by atoms with Gasteiger partial charge >= 0.3 is 18.3 Å². The van der Waals surface area contributed by atoms with Crippen LogP contribution in [-0.2, 0) is 30.4 Å². The molecule has 5 rings (SSSR count). The number of benzene rings is 4. The zero-order valence-corrected chi connectivity index (χ0v) is 25.1. The second-order valence-corrected chi connectivity index (χ2v) is 10.9. The number of aryl methyl sites for hydroxylation is 3. The van der Waals surface area contributed by atoms with Crippen molar-refractivity contribution < 1.29 is 36.2 Å². The quantitative estimate of drug-likeness (QED) is 0.139. The van der Waals surface area contributed by atoms with Crippen LogP contribution in [0.1, 0.15) is 46.5 Å². The van der Waals surface area contributed by atoms with Crippen LogP contribution >= 0.6 is 23.2 Å². The number of nitrogens with zero attached hydrogens (tertiary/aromatic N) is 2. The SMILES string of the molecule is CCc1nc2ccc(C(c3ccc(Cl)cc3)c3ccc(Cl)cc3)cc2n1CCc1ccc(C(F)(F)F)cc1.O=C(O)C(F)(F)F. The highest BCUT2D eigenvalue weighted by atomic mass is 35.5. The number of carbonyl (C=O) groups is 1. The van der Waals surface area contributed by atoms with Gasteiger partial charge in [-0.15, -0.1) is 0 Å². The summed E-state index contributed by atoms with van der Waals surface area (Å²) in [5, 5.41) is 8.47. The summed E-state index contributed by atoms with van der Waals surface area (Å²) in [7, 11) is 0. The van der Waals surface area contributed by atoms with E-state index in [1.165, 1.54) is 0 Å². The first-order chi connectivity index (χ1) is 21.2. The van der Waals surface area contributed by atoms with Crippen LogP contribution in [0.5, 0.6) is 0 Å². The van der Waals surface area contributed by atoms with Gasteiger partial charge in [0.1, 0.15) is 5.82 Å². The van der Waals surface area contributed by atoms with Crippen molar-refractivity contribution >= 4 is 40.2 Å². The minimum atomic E-state index is -5.08. The Labute approximate surface area is 264 Å². The second kappa shape index (κ2) is 14.0. The van der Waals surface area contributed by atoms with E-state index in [0.717, 1.165) is 57.7 Å². The average molecular weight is 667 g/mol. The topological polar surface area (TPSA) is 55.1 Å². The molecule has 0 aliphatic heterocycles. The second-order valence-electron chi connectivity index (χ2n) is 10.1. The highest BCUT2D eigenvalue weighted by molar-refractivity contribution is 6.30. The molecule has 4 nitrogen and oxygen atoms in total. The Morgan fingerprint density at radius 2 is 1.29 bits per heavy atom. The van der Waals surface area contributed by atoms with Crippen LogP contribution in [0.4, 0.5) is 26.3 Å². The van der Waals surface area contributed by atoms with Crippen molar-refractivity contribution in [3.05, 3.63) is 135 Å². The van der Waals surface area contributed by atoms with E-state index in [2.05, 4.69) is 23.6 Å². The van der Waals surface area contributed by atoms with Gasteiger partial charge in [-0.2, -0.15) is 26.3 Å². The summed E-state index contributed by atoms with van der Waals surface area (Å²) < 4.78 is 72.8. The highest BCUT2D eigenvalue weighted by Crippen LogP contribution is 2.35. The third kappa shape index (κ3) is 8.58. The molecule has 0 aliphatic carbocycles. The lowest BCUT2D eigenvalue weighted by Gasteiger charge is -2.20. The van der Waals surface area contributed by atoms with E-state index in [1.807, 2.05) is 54.6 Å². The summed E-state index contributed by atoms with van der Waals surface area (Å²) >= 11 is 12.4. The van der Waals surface area contributed by atoms with Crippen LogP contribution in [0, 0.1) is 0 Å². The first-order valence-electron chi connectivity index (χ1n) is 13.6. The van der Waals surface area contributed by atoms with Gasteiger partial charge in [-0.25, -0.2) is 9.78 Å². The fourth-order valence-electron chi connectivity index (χ4n) is 4.88. The van der Waals surface area contributed by atoms with E-state index < -0.39 is 23.9 Å². The third-order valence-corrected chi connectivity index (χ3v) is 7.56. The fourth-order valence-corrected chi connectivity index (χ4v) is 5.13. The first-order valence-corrected chi connectivity index (χ1v) is 14.4. The van der Waals surface area contributed by atoms with Crippen LogP contribution in [-0.4, -0.2) is 26.8 Å². The maximum atomic E-state index is 13.0. The molecule has 12 heteroatoms. The maximum Gasteiger partial charge on any atom is 0.490 e. The normalized spacial score (nSPS) is 11.9. The number of hydrogen-bond acceptors (Lipinski definition) is 2. The van der Waals surface area contributed by atoms with Crippen molar-refractivity contribution in [2.75, 3.05) is 0 Å². The Hall–Kier alpha value is -4.02. The predicted octanol–water partition coefficient (Wildman–Crippen LogP) is 9.98. The summed E-state index contributed by atoms with van der Waals surface area (Å²) in [5.74, 6) is -1.86. The molecule has 0 amide bonds. The number of alkyl halides is 6. The molecular weight excluding hydrogens is 641 g/mol.